The minimum absolute atomic E-state index is 0.233. The van der Waals surface area contributed by atoms with E-state index in [0.29, 0.717) is 12.1 Å². The number of carbonyl (C=O) groups excluding carboxylic acids is 1. The van der Waals surface area contributed by atoms with Crippen molar-refractivity contribution in [2.75, 3.05) is 44.2 Å². The average Bonchev–Trinajstić information content (AvgIpc) is 3.13. The van der Waals surface area contributed by atoms with Crippen LogP contribution in [0.25, 0.3) is 10.2 Å². The van der Waals surface area contributed by atoms with E-state index >= 15 is 0 Å². The maximum absolute atomic E-state index is 13.2. The van der Waals surface area contributed by atoms with E-state index in [9.17, 15) is 9.18 Å². The summed E-state index contributed by atoms with van der Waals surface area (Å²) in [7, 11) is 0. The summed E-state index contributed by atoms with van der Waals surface area (Å²) < 4.78 is 14.5. The number of nitrogens with zero attached hydrogens (tertiary/aromatic N) is 3. The number of amides is 1. The van der Waals surface area contributed by atoms with E-state index < -0.39 is 5.82 Å². The molecule has 5 nitrogen and oxygen atoms in total. The molecule has 1 aromatic heterocycles. The molecule has 152 valence electrons. The number of aryl methyl sites for hydroxylation is 2. The zero-order valence-corrected chi connectivity index (χ0v) is 17.6. The first-order valence-electron chi connectivity index (χ1n) is 9.88. The molecular weight excluding hydrogens is 387 g/mol. The maximum Gasteiger partial charge on any atom is 0.251 e. The normalized spacial score (nSPS) is 15.1. The molecular formula is C22H25FN4OS. The number of halogens is 1. The van der Waals surface area contributed by atoms with Crippen molar-refractivity contribution in [3.63, 3.8) is 0 Å². The standard InChI is InChI=1S/C22H25FN4OS/c1-15-12-16(2)20-19(13-15)29-22(25-20)27-10-8-26(9-11-27)7-6-24-21(28)17-4-3-5-18(23)14-17/h3-5,12-14H,6-11H2,1-2H3,(H,24,28). The van der Waals surface area contributed by atoms with Crippen molar-refractivity contribution < 1.29 is 9.18 Å². The third kappa shape index (κ3) is 4.57. The van der Waals surface area contributed by atoms with Crippen molar-refractivity contribution in [1.82, 2.24) is 15.2 Å². The van der Waals surface area contributed by atoms with Gasteiger partial charge in [0.1, 0.15) is 5.82 Å². The third-order valence-corrected chi connectivity index (χ3v) is 6.32. The van der Waals surface area contributed by atoms with E-state index in [1.165, 1.54) is 28.0 Å². The smallest absolute Gasteiger partial charge is 0.251 e. The van der Waals surface area contributed by atoms with Crippen molar-refractivity contribution in [3.8, 4) is 0 Å². The number of carbonyl (C=O) groups is 1. The SMILES string of the molecule is Cc1cc(C)c2nc(N3CCN(CCNC(=O)c4cccc(F)c4)CC3)sc2c1. The molecule has 1 amide bonds. The highest BCUT2D eigenvalue weighted by molar-refractivity contribution is 7.22. The Labute approximate surface area is 174 Å². The van der Waals surface area contributed by atoms with Crippen LogP contribution >= 0.6 is 11.3 Å². The molecule has 0 aliphatic carbocycles. The molecule has 3 aromatic rings. The van der Waals surface area contributed by atoms with E-state index in [4.69, 9.17) is 4.98 Å². The molecule has 1 fully saturated rings. The van der Waals surface area contributed by atoms with Gasteiger partial charge < -0.3 is 10.2 Å². The van der Waals surface area contributed by atoms with Gasteiger partial charge in [0.15, 0.2) is 5.13 Å². The minimum atomic E-state index is -0.394. The molecule has 0 radical (unpaired) electrons. The van der Waals surface area contributed by atoms with Crippen LogP contribution in [-0.2, 0) is 0 Å². The van der Waals surface area contributed by atoms with Crippen molar-refractivity contribution >= 4 is 32.6 Å². The van der Waals surface area contributed by atoms with Gasteiger partial charge in [0.2, 0.25) is 0 Å². The van der Waals surface area contributed by atoms with Gasteiger partial charge in [-0.25, -0.2) is 9.37 Å². The lowest BCUT2D eigenvalue weighted by molar-refractivity contribution is 0.0947. The van der Waals surface area contributed by atoms with E-state index in [1.54, 1.807) is 23.5 Å². The Hall–Kier alpha value is -2.51. The van der Waals surface area contributed by atoms with Crippen LogP contribution < -0.4 is 10.2 Å². The summed E-state index contributed by atoms with van der Waals surface area (Å²) in [5.41, 5.74) is 3.97. The molecule has 2 aromatic carbocycles. The predicted octanol–water partition coefficient (Wildman–Crippen LogP) is 3.60. The predicted molar refractivity (Wildman–Crippen MR) is 116 cm³/mol. The number of nitrogens with one attached hydrogen (secondary N) is 1. The summed E-state index contributed by atoms with van der Waals surface area (Å²) in [6, 6.07) is 10.2. The van der Waals surface area contributed by atoms with E-state index in [1.807, 2.05) is 0 Å². The molecule has 2 heterocycles. The number of hydrogen-bond acceptors (Lipinski definition) is 5. The number of thiazole rings is 1. The highest BCUT2D eigenvalue weighted by atomic mass is 32.1. The summed E-state index contributed by atoms with van der Waals surface area (Å²) in [5, 5.41) is 3.96. The molecule has 29 heavy (non-hydrogen) atoms. The van der Waals surface area contributed by atoms with E-state index in [0.717, 1.165) is 43.4 Å². The molecule has 1 aliphatic rings. The summed E-state index contributed by atoms with van der Waals surface area (Å²) in [5.74, 6) is -0.628. The fraction of sp³-hybridized carbons (Fsp3) is 0.364. The molecule has 0 bridgehead atoms. The Bertz CT molecular complexity index is 1030. The minimum Gasteiger partial charge on any atom is -0.351 e. The zero-order chi connectivity index (χ0) is 20.4. The number of aromatic nitrogens is 1. The van der Waals surface area contributed by atoms with Crippen LogP contribution in [0.4, 0.5) is 9.52 Å². The van der Waals surface area contributed by atoms with Gasteiger partial charge in [-0.3, -0.25) is 9.69 Å². The Kier molecular flexibility index (Phi) is 5.78. The van der Waals surface area contributed by atoms with E-state index in [2.05, 4.69) is 41.1 Å². The average molecular weight is 413 g/mol. The van der Waals surface area contributed by atoms with Gasteiger partial charge in [-0.2, -0.15) is 0 Å². The maximum atomic E-state index is 13.2. The van der Waals surface area contributed by atoms with Gasteiger partial charge in [-0.1, -0.05) is 23.5 Å². The van der Waals surface area contributed by atoms with Gasteiger partial charge in [0.05, 0.1) is 10.2 Å². The number of piperazine rings is 1. The first kappa shape index (κ1) is 19.8. The number of rotatable bonds is 5. The first-order chi connectivity index (χ1) is 14.0. The van der Waals surface area contributed by atoms with Crippen LogP contribution in [0.2, 0.25) is 0 Å². The molecule has 7 heteroatoms. The second-order valence-corrected chi connectivity index (χ2v) is 8.53. The van der Waals surface area contributed by atoms with Gasteiger partial charge in [0, 0.05) is 44.8 Å². The Balaban J connectivity index is 1.27. The molecule has 0 spiro atoms. The zero-order valence-electron chi connectivity index (χ0n) is 16.7. The summed E-state index contributed by atoms with van der Waals surface area (Å²) >= 11 is 1.76. The van der Waals surface area contributed by atoms with Gasteiger partial charge >= 0.3 is 0 Å². The van der Waals surface area contributed by atoms with Crippen LogP contribution in [0.3, 0.4) is 0 Å². The topological polar surface area (TPSA) is 48.5 Å². The van der Waals surface area contributed by atoms with Gasteiger partial charge in [0.25, 0.3) is 5.91 Å². The molecule has 4 rings (SSSR count). The Morgan fingerprint density at radius 2 is 1.97 bits per heavy atom. The molecule has 0 atom stereocenters. The highest BCUT2D eigenvalue weighted by Crippen LogP contribution is 2.32. The van der Waals surface area contributed by atoms with Crippen molar-refractivity contribution in [1.29, 1.82) is 0 Å². The lowest BCUT2D eigenvalue weighted by Crippen LogP contribution is -2.48. The monoisotopic (exact) mass is 412 g/mol. The number of fused-ring (bicyclic) bond motifs is 1. The number of hydrogen-bond donors (Lipinski definition) is 1. The fourth-order valence-corrected chi connectivity index (χ4v) is 4.91. The van der Waals surface area contributed by atoms with Crippen LogP contribution in [0.1, 0.15) is 21.5 Å². The van der Waals surface area contributed by atoms with Crippen LogP contribution in [0, 0.1) is 19.7 Å². The number of anilines is 1. The molecule has 1 saturated heterocycles. The van der Waals surface area contributed by atoms with Gasteiger partial charge in [-0.05, 0) is 49.2 Å². The summed E-state index contributed by atoms with van der Waals surface area (Å²) in [6.07, 6.45) is 0. The van der Waals surface area contributed by atoms with E-state index in [-0.39, 0.29) is 5.91 Å². The third-order valence-electron chi connectivity index (χ3n) is 5.26. The Morgan fingerprint density at radius 3 is 2.72 bits per heavy atom. The van der Waals surface area contributed by atoms with Crippen LogP contribution in [0.5, 0.6) is 0 Å². The molecule has 1 aliphatic heterocycles. The molecule has 0 unspecified atom stereocenters. The first-order valence-corrected chi connectivity index (χ1v) is 10.7. The largest absolute Gasteiger partial charge is 0.351 e. The lowest BCUT2D eigenvalue weighted by atomic mass is 10.1. The van der Waals surface area contributed by atoms with Crippen LogP contribution in [0.15, 0.2) is 36.4 Å². The van der Waals surface area contributed by atoms with Crippen molar-refractivity contribution in [3.05, 3.63) is 58.9 Å². The second-order valence-electron chi connectivity index (χ2n) is 7.52. The van der Waals surface area contributed by atoms with Gasteiger partial charge in [-0.15, -0.1) is 0 Å². The van der Waals surface area contributed by atoms with Crippen LogP contribution in [-0.4, -0.2) is 55.1 Å². The lowest BCUT2D eigenvalue weighted by Gasteiger charge is -2.34. The van der Waals surface area contributed by atoms with Crippen molar-refractivity contribution in [2.24, 2.45) is 0 Å². The molecule has 1 N–H and O–H groups in total. The fourth-order valence-electron chi connectivity index (χ4n) is 3.72. The summed E-state index contributed by atoms with van der Waals surface area (Å²) in [6.45, 7) is 9.30. The highest BCUT2D eigenvalue weighted by Gasteiger charge is 2.20. The quantitative estimate of drug-likeness (QED) is 0.696. The summed E-state index contributed by atoms with van der Waals surface area (Å²) in [4.78, 5) is 21.7. The molecule has 0 saturated carbocycles. The number of benzene rings is 2. The van der Waals surface area contributed by atoms with Crippen molar-refractivity contribution in [2.45, 2.75) is 13.8 Å². The second kappa shape index (κ2) is 8.47. The Morgan fingerprint density at radius 1 is 1.17 bits per heavy atom.